The average molecular weight is 247 g/mol. The third kappa shape index (κ3) is 4.23. The Balaban J connectivity index is 0.00000128. The molecular formula is C13H27ClN2. The fraction of sp³-hybridized carbons (Fsp3) is 1.00. The number of rotatable bonds is 2. The molecule has 2 nitrogen and oxygen atoms in total. The van der Waals surface area contributed by atoms with Gasteiger partial charge >= 0.3 is 0 Å². The molecule has 2 fully saturated rings. The van der Waals surface area contributed by atoms with Crippen molar-refractivity contribution in [2.24, 2.45) is 5.92 Å². The minimum absolute atomic E-state index is 0. The van der Waals surface area contributed by atoms with Gasteiger partial charge in [-0.2, -0.15) is 0 Å². The van der Waals surface area contributed by atoms with Crippen LogP contribution >= 0.6 is 12.4 Å². The van der Waals surface area contributed by atoms with Gasteiger partial charge in [0.15, 0.2) is 0 Å². The lowest BCUT2D eigenvalue weighted by atomic mass is 9.98. The summed E-state index contributed by atoms with van der Waals surface area (Å²) in [7, 11) is 0. The highest BCUT2D eigenvalue weighted by atomic mass is 35.5. The van der Waals surface area contributed by atoms with E-state index in [0.29, 0.717) is 0 Å². The van der Waals surface area contributed by atoms with Crippen LogP contribution in [-0.4, -0.2) is 37.1 Å². The highest BCUT2D eigenvalue weighted by Crippen LogP contribution is 2.19. The van der Waals surface area contributed by atoms with E-state index in [-0.39, 0.29) is 12.4 Å². The molecule has 2 aliphatic heterocycles. The zero-order valence-electron chi connectivity index (χ0n) is 10.6. The summed E-state index contributed by atoms with van der Waals surface area (Å²) in [6, 6.07) is 0.828. The summed E-state index contributed by atoms with van der Waals surface area (Å²) in [6.45, 7) is 7.60. The molecule has 0 amide bonds. The number of hydrogen-bond donors (Lipinski definition) is 1. The number of nitrogens with one attached hydrogen (secondary N) is 1. The first-order valence-electron chi connectivity index (χ1n) is 6.81. The molecule has 2 unspecified atom stereocenters. The second-order valence-corrected chi connectivity index (χ2v) is 5.41. The second kappa shape index (κ2) is 7.52. The van der Waals surface area contributed by atoms with Crippen LogP contribution in [0.4, 0.5) is 0 Å². The molecule has 0 spiro atoms. The molecule has 2 saturated heterocycles. The van der Waals surface area contributed by atoms with Crippen molar-refractivity contribution in [3.05, 3.63) is 0 Å². The Hall–Kier alpha value is 0.210. The van der Waals surface area contributed by atoms with E-state index in [1.807, 2.05) is 0 Å². The van der Waals surface area contributed by atoms with E-state index in [1.165, 1.54) is 64.7 Å². The molecule has 0 saturated carbocycles. The summed E-state index contributed by atoms with van der Waals surface area (Å²) in [5.41, 5.74) is 0. The molecule has 0 aromatic rings. The fourth-order valence-corrected chi connectivity index (χ4v) is 3.02. The molecule has 1 N–H and O–H groups in total. The van der Waals surface area contributed by atoms with Crippen LogP contribution in [0, 0.1) is 5.92 Å². The van der Waals surface area contributed by atoms with Gasteiger partial charge in [-0.25, -0.2) is 0 Å². The summed E-state index contributed by atoms with van der Waals surface area (Å²) in [6.07, 6.45) is 8.55. The van der Waals surface area contributed by atoms with Crippen LogP contribution < -0.4 is 5.32 Å². The van der Waals surface area contributed by atoms with Crippen molar-refractivity contribution in [2.45, 2.75) is 51.5 Å². The van der Waals surface area contributed by atoms with Crippen LogP contribution in [0.3, 0.4) is 0 Å². The molecule has 2 aliphatic rings. The molecule has 16 heavy (non-hydrogen) atoms. The first kappa shape index (κ1) is 14.3. The predicted molar refractivity (Wildman–Crippen MR) is 72.3 cm³/mol. The van der Waals surface area contributed by atoms with E-state index in [2.05, 4.69) is 17.1 Å². The largest absolute Gasteiger partial charge is 0.316 e. The lowest BCUT2D eigenvalue weighted by Crippen LogP contribution is -2.41. The van der Waals surface area contributed by atoms with Gasteiger partial charge in [-0.3, -0.25) is 0 Å². The van der Waals surface area contributed by atoms with Gasteiger partial charge in [0.1, 0.15) is 0 Å². The summed E-state index contributed by atoms with van der Waals surface area (Å²) in [4.78, 5) is 2.74. The SMILES string of the molecule is CC1CCCCCN1CC1CCCNC1.Cl. The monoisotopic (exact) mass is 246 g/mol. The van der Waals surface area contributed by atoms with Gasteiger partial charge in [0.05, 0.1) is 0 Å². The number of likely N-dealkylation sites (tertiary alicyclic amines) is 1. The molecular weight excluding hydrogens is 220 g/mol. The minimum Gasteiger partial charge on any atom is -0.316 e. The minimum atomic E-state index is 0. The zero-order chi connectivity index (χ0) is 10.5. The zero-order valence-corrected chi connectivity index (χ0v) is 11.4. The first-order chi connectivity index (χ1) is 7.36. The van der Waals surface area contributed by atoms with Gasteiger partial charge < -0.3 is 10.2 Å². The van der Waals surface area contributed by atoms with Crippen LogP contribution in [0.15, 0.2) is 0 Å². The highest BCUT2D eigenvalue weighted by Gasteiger charge is 2.21. The van der Waals surface area contributed by atoms with Gasteiger partial charge in [-0.1, -0.05) is 12.8 Å². The van der Waals surface area contributed by atoms with E-state index < -0.39 is 0 Å². The van der Waals surface area contributed by atoms with Gasteiger partial charge in [-0.15, -0.1) is 12.4 Å². The molecule has 0 aliphatic carbocycles. The maximum absolute atomic E-state index is 3.53. The smallest absolute Gasteiger partial charge is 0.00670 e. The Kier molecular flexibility index (Phi) is 6.71. The Labute approximate surface area is 107 Å². The maximum Gasteiger partial charge on any atom is 0.00670 e. The lowest BCUT2D eigenvalue weighted by molar-refractivity contribution is 0.166. The van der Waals surface area contributed by atoms with Crippen molar-refractivity contribution in [2.75, 3.05) is 26.2 Å². The molecule has 0 aromatic carbocycles. The van der Waals surface area contributed by atoms with E-state index in [9.17, 15) is 0 Å². The summed E-state index contributed by atoms with van der Waals surface area (Å²) in [5, 5.41) is 3.53. The molecule has 0 aromatic heterocycles. The fourth-order valence-electron chi connectivity index (χ4n) is 3.02. The van der Waals surface area contributed by atoms with Crippen LogP contribution in [0.5, 0.6) is 0 Å². The molecule has 3 heteroatoms. The molecule has 2 atom stereocenters. The van der Waals surface area contributed by atoms with E-state index in [0.717, 1.165) is 12.0 Å². The molecule has 0 radical (unpaired) electrons. The Morgan fingerprint density at radius 1 is 1.12 bits per heavy atom. The quantitative estimate of drug-likeness (QED) is 0.806. The number of halogens is 1. The van der Waals surface area contributed by atoms with E-state index >= 15 is 0 Å². The van der Waals surface area contributed by atoms with Crippen LogP contribution in [-0.2, 0) is 0 Å². The number of nitrogens with zero attached hydrogens (tertiary/aromatic N) is 1. The Morgan fingerprint density at radius 3 is 2.75 bits per heavy atom. The first-order valence-corrected chi connectivity index (χ1v) is 6.81. The van der Waals surface area contributed by atoms with Crippen molar-refractivity contribution in [1.82, 2.24) is 10.2 Å². The van der Waals surface area contributed by atoms with Crippen LogP contribution in [0.25, 0.3) is 0 Å². The third-order valence-corrected chi connectivity index (χ3v) is 4.08. The number of hydrogen-bond acceptors (Lipinski definition) is 2. The van der Waals surface area contributed by atoms with Crippen molar-refractivity contribution in [3.63, 3.8) is 0 Å². The average Bonchev–Trinajstić information content (AvgIpc) is 2.46. The second-order valence-electron chi connectivity index (χ2n) is 5.41. The normalized spacial score (nSPS) is 32.8. The van der Waals surface area contributed by atoms with E-state index in [1.54, 1.807) is 0 Å². The molecule has 2 rings (SSSR count). The molecule has 0 bridgehead atoms. The van der Waals surface area contributed by atoms with Gasteiger partial charge in [0.2, 0.25) is 0 Å². The van der Waals surface area contributed by atoms with Crippen LogP contribution in [0.2, 0.25) is 0 Å². The standard InChI is InChI=1S/C13H26N2.ClH/c1-12-6-3-2-4-9-15(12)11-13-7-5-8-14-10-13;/h12-14H,2-11H2,1H3;1H. The van der Waals surface area contributed by atoms with Crippen molar-refractivity contribution >= 4 is 12.4 Å². The molecule has 2 heterocycles. The van der Waals surface area contributed by atoms with Gasteiger partial charge in [-0.05, 0) is 58.2 Å². The topological polar surface area (TPSA) is 15.3 Å². The van der Waals surface area contributed by atoms with Gasteiger partial charge in [0.25, 0.3) is 0 Å². The van der Waals surface area contributed by atoms with Crippen molar-refractivity contribution in [1.29, 1.82) is 0 Å². The van der Waals surface area contributed by atoms with E-state index in [4.69, 9.17) is 0 Å². The van der Waals surface area contributed by atoms with Crippen molar-refractivity contribution in [3.8, 4) is 0 Å². The summed E-state index contributed by atoms with van der Waals surface area (Å²) < 4.78 is 0. The summed E-state index contributed by atoms with van der Waals surface area (Å²) >= 11 is 0. The maximum atomic E-state index is 3.53. The Bertz CT molecular complexity index is 181. The van der Waals surface area contributed by atoms with Crippen molar-refractivity contribution < 1.29 is 0 Å². The molecule has 96 valence electrons. The summed E-state index contributed by atoms with van der Waals surface area (Å²) in [5.74, 6) is 0.916. The Morgan fingerprint density at radius 2 is 2.00 bits per heavy atom. The van der Waals surface area contributed by atoms with Gasteiger partial charge in [0, 0.05) is 12.6 Å². The predicted octanol–water partition coefficient (Wildman–Crippen LogP) is 2.67. The van der Waals surface area contributed by atoms with Crippen LogP contribution in [0.1, 0.15) is 45.4 Å². The number of piperidine rings is 1. The highest BCUT2D eigenvalue weighted by molar-refractivity contribution is 5.85. The lowest BCUT2D eigenvalue weighted by Gasteiger charge is -2.33. The third-order valence-electron chi connectivity index (χ3n) is 4.08.